The molecule has 0 saturated heterocycles. The third-order valence-electron chi connectivity index (χ3n) is 10.3. The number of ether oxygens (including phenoxy) is 3. The van der Waals surface area contributed by atoms with E-state index in [1.807, 2.05) is 0 Å². The van der Waals surface area contributed by atoms with Crippen molar-refractivity contribution < 1.29 is 69.5 Å². The molecule has 6 N–H and O–H groups in total. The van der Waals surface area contributed by atoms with Crippen LogP contribution in [0.4, 0.5) is 0 Å². The summed E-state index contributed by atoms with van der Waals surface area (Å²) in [4.78, 5) is 0. The van der Waals surface area contributed by atoms with Gasteiger partial charge in [0.25, 0.3) is 0 Å². The average Bonchev–Trinajstić information content (AvgIpc) is 3.17. The van der Waals surface area contributed by atoms with E-state index in [1.165, 1.54) is 0 Å². The molecular formula is C48H120O15Si9. The first-order valence-corrected chi connectivity index (χ1v) is 55.0. The lowest BCUT2D eigenvalue weighted by molar-refractivity contribution is -0.0967. The molecule has 0 spiro atoms. The molecule has 24 heteroatoms. The molecule has 0 aromatic carbocycles. The monoisotopic (exact) mass is 1190 g/mol. The van der Waals surface area contributed by atoms with Gasteiger partial charge in [-0.2, -0.15) is 0 Å². The van der Waals surface area contributed by atoms with Crippen LogP contribution in [0.3, 0.4) is 0 Å². The van der Waals surface area contributed by atoms with E-state index in [-0.39, 0.29) is 39.6 Å². The van der Waals surface area contributed by atoms with Crippen molar-refractivity contribution in [3.63, 3.8) is 0 Å². The van der Waals surface area contributed by atoms with Gasteiger partial charge in [0.05, 0.1) is 39.6 Å². The standard InChI is InChI=1S/C17H42O5Si3.C16H40O5Si3.C15H38O5Si3/c1-17(15-18,16-19)20-13-11-9-10-12-14-25(8,21-23(2,3)4)22-24(5,6)7;1-16(14-17,15-18)19-12-10-9-11-13-24(8,20-22(2,3)4)21-23(5,6)7;1-15(13-16,14-17)18-11-9-10-12-23(8,19-21(2,3)4)20-22(5,6)7/h18-19H,9-16H2,1-8H3;17-18H,9-15H2,1-8H3;16-17H,9-14H2,1-8H3. The van der Waals surface area contributed by atoms with Gasteiger partial charge in [-0.15, -0.1) is 0 Å². The minimum Gasteiger partial charge on any atom is -0.437 e. The minimum atomic E-state index is -2.16. The molecule has 0 radical (unpaired) electrons. The van der Waals surface area contributed by atoms with Gasteiger partial charge < -0.3 is 69.5 Å². The Kier molecular flexibility index (Phi) is 37.2. The van der Waals surface area contributed by atoms with Crippen molar-refractivity contribution >= 4 is 75.6 Å². The normalized spacial score (nSPS) is 14.2. The van der Waals surface area contributed by atoms with Gasteiger partial charge in [0.15, 0.2) is 49.9 Å². The van der Waals surface area contributed by atoms with Crippen LogP contribution in [0.5, 0.6) is 0 Å². The summed E-state index contributed by atoms with van der Waals surface area (Å²) in [7, 11) is -16.1. The number of aliphatic hydroxyl groups excluding tert-OH is 6. The second-order valence-corrected chi connectivity index (χ2v) is 65.5. The Morgan fingerprint density at radius 2 is 0.403 bits per heavy atom. The maximum atomic E-state index is 9.22. The van der Waals surface area contributed by atoms with Crippen molar-refractivity contribution in [3.8, 4) is 0 Å². The second kappa shape index (κ2) is 34.5. The summed E-state index contributed by atoms with van der Waals surface area (Å²) in [6.07, 6.45) is 9.15. The molecule has 0 aromatic heterocycles. The van der Waals surface area contributed by atoms with Gasteiger partial charge in [-0.1, -0.05) is 32.1 Å². The summed E-state index contributed by atoms with van der Waals surface area (Å²) in [5.74, 6) is 0. The number of rotatable bonds is 39. The van der Waals surface area contributed by atoms with E-state index in [0.717, 1.165) is 75.9 Å². The van der Waals surface area contributed by atoms with E-state index in [0.29, 0.717) is 19.8 Å². The minimum absolute atomic E-state index is 0.157. The summed E-state index contributed by atoms with van der Waals surface area (Å²) in [6, 6.07) is 3.02. The number of hydrogen-bond acceptors (Lipinski definition) is 15. The number of hydrogen-bond donors (Lipinski definition) is 6. The summed E-state index contributed by atoms with van der Waals surface area (Å²) >= 11 is 0. The molecule has 0 saturated carbocycles. The first-order chi connectivity index (χ1) is 32.2. The highest BCUT2D eigenvalue weighted by Crippen LogP contribution is 2.29. The van der Waals surface area contributed by atoms with Crippen molar-refractivity contribution in [2.24, 2.45) is 0 Å². The SMILES string of the molecule is CC(CO)(CO)OCCCCCC[Si](C)(O[Si](C)(C)C)O[Si](C)(C)C.CC(CO)(CO)OCCCCC[Si](C)(O[Si](C)(C)C)O[Si](C)(C)C.CC(CO)(CO)OCCCC[Si](C)(O[Si](C)(C)C)O[Si](C)(C)C. The van der Waals surface area contributed by atoms with E-state index in [2.05, 4.69) is 137 Å². The van der Waals surface area contributed by atoms with Gasteiger partial charge in [0.2, 0.25) is 0 Å². The van der Waals surface area contributed by atoms with Gasteiger partial charge in [-0.3, -0.25) is 0 Å². The smallest absolute Gasteiger partial charge is 0.314 e. The Labute approximate surface area is 453 Å². The Morgan fingerprint density at radius 3 is 0.583 bits per heavy atom. The summed E-state index contributed by atoms with van der Waals surface area (Å²) in [5, 5.41) is 55.2. The van der Waals surface area contributed by atoms with Crippen LogP contribution in [0.15, 0.2) is 0 Å². The van der Waals surface area contributed by atoms with Crippen molar-refractivity contribution in [1.29, 1.82) is 0 Å². The predicted octanol–water partition coefficient (Wildman–Crippen LogP) is 11.1. The molecule has 0 amide bonds. The third-order valence-corrected chi connectivity index (χ3v) is 39.2. The number of aliphatic hydroxyl groups is 6. The molecule has 438 valence electrons. The van der Waals surface area contributed by atoms with Gasteiger partial charge in [0, 0.05) is 19.8 Å². The lowest BCUT2D eigenvalue weighted by Crippen LogP contribution is -2.52. The molecule has 0 fully saturated rings. The fourth-order valence-corrected chi connectivity index (χ4v) is 45.6. The van der Waals surface area contributed by atoms with Crippen LogP contribution in [-0.2, 0) is 38.9 Å². The molecule has 15 nitrogen and oxygen atoms in total. The van der Waals surface area contributed by atoms with Gasteiger partial charge in [0.1, 0.15) is 16.8 Å². The van der Waals surface area contributed by atoms with E-state index in [1.54, 1.807) is 20.8 Å². The zero-order valence-electron chi connectivity index (χ0n) is 51.2. The first kappa shape index (κ1) is 77.6. The maximum Gasteiger partial charge on any atom is 0.314 e. The molecule has 0 bridgehead atoms. The van der Waals surface area contributed by atoms with E-state index in [4.69, 9.17) is 38.9 Å². The molecule has 0 rings (SSSR count). The van der Waals surface area contributed by atoms with Crippen molar-refractivity contribution in [3.05, 3.63) is 0 Å². The Morgan fingerprint density at radius 1 is 0.250 bits per heavy atom. The van der Waals surface area contributed by atoms with Crippen LogP contribution in [0.25, 0.3) is 0 Å². The Balaban J connectivity index is -0.000000993. The zero-order valence-corrected chi connectivity index (χ0v) is 60.2. The van der Waals surface area contributed by atoms with Crippen molar-refractivity contribution in [2.75, 3.05) is 59.5 Å². The van der Waals surface area contributed by atoms with Gasteiger partial charge in [-0.05, 0) is 202 Å². The fourth-order valence-electron chi connectivity index (χ4n) is 7.81. The average molecular weight is 1190 g/mol. The molecule has 0 aliphatic rings. The van der Waals surface area contributed by atoms with Gasteiger partial charge >= 0.3 is 25.7 Å². The largest absolute Gasteiger partial charge is 0.437 e. The highest BCUT2D eigenvalue weighted by atomic mass is 28.5. The lowest BCUT2D eigenvalue weighted by Gasteiger charge is -2.38. The fraction of sp³-hybridized carbons (Fsp3) is 1.00. The van der Waals surface area contributed by atoms with E-state index >= 15 is 0 Å². The third kappa shape index (κ3) is 45.2. The molecule has 0 unspecified atom stereocenters. The quantitative estimate of drug-likeness (QED) is 0.0250. The topological polar surface area (TPSA) is 204 Å². The molecular weight excluding hydrogens is 1070 g/mol. The van der Waals surface area contributed by atoms with Crippen LogP contribution in [0.1, 0.15) is 78.6 Å². The molecule has 0 aromatic rings. The molecule has 0 atom stereocenters. The first-order valence-electron chi connectivity index (χ1n) is 27.0. The Bertz CT molecular complexity index is 1320. The zero-order chi connectivity index (χ0) is 57.2. The Hall–Kier alpha value is 1.35. The van der Waals surface area contributed by atoms with E-state index < -0.39 is 92.4 Å². The van der Waals surface area contributed by atoms with Crippen LogP contribution >= 0.6 is 0 Å². The van der Waals surface area contributed by atoms with Crippen LogP contribution in [0, 0.1) is 0 Å². The maximum absolute atomic E-state index is 9.22. The van der Waals surface area contributed by atoms with Crippen molar-refractivity contribution in [2.45, 2.75) is 251 Å². The number of unbranched alkanes of at least 4 members (excludes halogenated alkanes) is 6. The molecule has 0 heterocycles. The van der Waals surface area contributed by atoms with E-state index in [9.17, 15) is 30.6 Å². The van der Waals surface area contributed by atoms with Crippen LogP contribution in [-0.4, -0.2) is 182 Å². The van der Waals surface area contributed by atoms with Gasteiger partial charge in [-0.25, -0.2) is 0 Å². The lowest BCUT2D eigenvalue weighted by atomic mass is 10.1. The summed E-state index contributed by atoms with van der Waals surface area (Å²) in [6.45, 7) is 52.5. The molecule has 0 aliphatic carbocycles. The highest BCUT2D eigenvalue weighted by molar-refractivity contribution is 6.89. The summed E-state index contributed by atoms with van der Waals surface area (Å²) in [5.41, 5.74) is -2.49. The predicted molar refractivity (Wildman–Crippen MR) is 323 cm³/mol. The van der Waals surface area contributed by atoms with Crippen molar-refractivity contribution in [1.82, 2.24) is 0 Å². The second-order valence-electron chi connectivity index (χ2n) is 27.0. The molecule has 0 aliphatic heterocycles. The summed E-state index contributed by atoms with van der Waals surface area (Å²) < 4.78 is 55.7. The van der Waals surface area contributed by atoms with Crippen LogP contribution < -0.4 is 0 Å². The highest BCUT2D eigenvalue weighted by Gasteiger charge is 2.42. The molecule has 72 heavy (non-hydrogen) atoms. The van der Waals surface area contributed by atoms with Crippen LogP contribution in [0.2, 0.25) is 156 Å².